The number of benzene rings is 3. The third-order valence-electron chi connectivity index (χ3n) is 4.66. The Balaban J connectivity index is 0.00000112. The number of anilines is 2. The number of methoxy groups -OCH3 is 1. The van der Waals surface area contributed by atoms with E-state index in [1.807, 2.05) is 6.92 Å². The second-order valence-electron chi connectivity index (χ2n) is 7.56. The zero-order chi connectivity index (χ0) is 27.6. The monoisotopic (exact) mass is 548 g/mol. The molecule has 13 heteroatoms. The molecule has 3 aromatic carbocycles. The fraction of sp³-hybridized carbons (Fsp3) is 0.208. The predicted octanol–water partition coefficient (Wildman–Crippen LogP) is 4.33. The lowest BCUT2D eigenvalue weighted by molar-refractivity contribution is -0.385. The maximum absolute atomic E-state index is 13.2. The Kier molecular flexibility index (Phi) is 10.6. The summed E-state index contributed by atoms with van der Waals surface area (Å²) in [5.74, 6) is 0.396. The highest BCUT2D eigenvalue weighted by molar-refractivity contribution is 7.93. The van der Waals surface area contributed by atoms with Gasteiger partial charge in [0.25, 0.3) is 15.7 Å². The summed E-state index contributed by atoms with van der Waals surface area (Å²) >= 11 is 0. The summed E-state index contributed by atoms with van der Waals surface area (Å²) in [6, 6.07) is 16.2. The van der Waals surface area contributed by atoms with Crippen LogP contribution in [0, 0.1) is 10.1 Å². The number of aromatic hydroxyl groups is 1. The first-order valence-electron chi connectivity index (χ1n) is 10.8. The first kappa shape index (κ1) is 29.3. The Morgan fingerprint density at radius 1 is 1.08 bits per heavy atom. The molecule has 0 atom stereocenters. The lowest BCUT2D eigenvalue weighted by Crippen LogP contribution is -2.16. The summed E-state index contributed by atoms with van der Waals surface area (Å²) in [6.07, 6.45) is 3.78. The normalized spacial score (nSPS) is 11.3. The van der Waals surface area contributed by atoms with Crippen molar-refractivity contribution in [1.82, 2.24) is 0 Å². The fourth-order valence-corrected chi connectivity index (χ4v) is 4.24. The summed E-state index contributed by atoms with van der Waals surface area (Å²) in [5, 5.41) is 25.1. The number of sulfonamides is 1. The van der Waals surface area contributed by atoms with Crippen LogP contribution in [0.1, 0.15) is 18.9 Å². The number of nitrogens with one attached hydrogen (secondary N) is 2. The van der Waals surface area contributed by atoms with Crippen molar-refractivity contribution in [3.8, 4) is 11.5 Å². The average Bonchev–Trinajstić information content (AvgIpc) is 2.85. The molecule has 3 rings (SSSR count). The zero-order valence-corrected chi connectivity index (χ0v) is 22.3. The van der Waals surface area contributed by atoms with Gasteiger partial charge in [-0.05, 0) is 54.4 Å². The molecule has 0 radical (unpaired) electrons. The van der Waals surface area contributed by atoms with Gasteiger partial charge in [-0.15, -0.1) is 0 Å². The summed E-state index contributed by atoms with van der Waals surface area (Å²) in [6.45, 7) is 1.87. The Morgan fingerprint density at radius 3 is 2.27 bits per heavy atom. The van der Waals surface area contributed by atoms with Crippen molar-refractivity contribution >= 4 is 43.6 Å². The van der Waals surface area contributed by atoms with Gasteiger partial charge in [0, 0.05) is 35.4 Å². The number of hydrogen-bond donors (Lipinski definition) is 3. The number of nitro groups is 1. The number of phenolic OH excluding ortho intramolecular Hbond substituents is 1. The minimum absolute atomic E-state index is 0.0488. The van der Waals surface area contributed by atoms with Gasteiger partial charge in [-0.25, -0.2) is 8.42 Å². The molecule has 0 fully saturated rings. The summed E-state index contributed by atoms with van der Waals surface area (Å²) in [5.41, 5.74) is 3.87. The first-order chi connectivity index (χ1) is 17.5. The third-order valence-corrected chi connectivity index (χ3v) is 6.07. The molecular formula is C24H28N4O7S2. The minimum Gasteiger partial charge on any atom is -0.508 e. The van der Waals surface area contributed by atoms with Gasteiger partial charge in [0.15, 0.2) is 0 Å². The maximum atomic E-state index is 13.2. The smallest absolute Gasteiger partial charge is 0.270 e. The van der Waals surface area contributed by atoms with E-state index < -0.39 is 25.7 Å². The van der Waals surface area contributed by atoms with Gasteiger partial charge in [0.1, 0.15) is 16.4 Å². The maximum Gasteiger partial charge on any atom is 0.270 e. The van der Waals surface area contributed by atoms with Gasteiger partial charge in [-0.1, -0.05) is 19.1 Å². The molecular weight excluding hydrogens is 520 g/mol. The van der Waals surface area contributed by atoms with Crippen molar-refractivity contribution in [3.05, 3.63) is 82.4 Å². The van der Waals surface area contributed by atoms with Gasteiger partial charge >= 0.3 is 0 Å². The lowest BCUT2D eigenvalue weighted by Gasteiger charge is -2.14. The van der Waals surface area contributed by atoms with Crippen LogP contribution in [0.15, 0.2) is 76.7 Å². The number of hydrogen-bond acceptors (Lipinski definition) is 9. The molecule has 0 spiro atoms. The highest BCUT2D eigenvalue weighted by Gasteiger charge is 2.24. The molecule has 0 saturated carbocycles. The Bertz CT molecular complexity index is 1390. The van der Waals surface area contributed by atoms with Crippen LogP contribution in [0.25, 0.3) is 0 Å². The van der Waals surface area contributed by atoms with E-state index in [0.717, 1.165) is 11.6 Å². The molecule has 11 nitrogen and oxygen atoms in total. The molecule has 0 aliphatic rings. The Hall–Kier alpha value is -3.97. The molecule has 0 aliphatic carbocycles. The fourth-order valence-electron chi connectivity index (χ4n) is 3.00. The van der Waals surface area contributed by atoms with E-state index in [2.05, 4.69) is 15.2 Å². The molecule has 0 bridgehead atoms. The average molecular weight is 549 g/mol. The van der Waals surface area contributed by atoms with Crippen LogP contribution in [0.3, 0.4) is 0 Å². The second kappa shape index (κ2) is 13.4. The largest absolute Gasteiger partial charge is 0.508 e. The van der Waals surface area contributed by atoms with Crippen molar-refractivity contribution in [2.45, 2.75) is 18.2 Å². The third kappa shape index (κ3) is 8.58. The second-order valence-corrected chi connectivity index (χ2v) is 10.7. The van der Waals surface area contributed by atoms with Gasteiger partial charge in [-0.3, -0.25) is 24.5 Å². The minimum atomic E-state index is -4.26. The van der Waals surface area contributed by atoms with Crippen molar-refractivity contribution in [1.29, 1.82) is 0 Å². The molecule has 3 aromatic rings. The number of nitro benzene ring substituents is 1. The molecule has 0 saturated heterocycles. The van der Waals surface area contributed by atoms with Crippen LogP contribution in [-0.2, 0) is 20.8 Å². The zero-order valence-electron chi connectivity index (χ0n) is 20.7. The molecule has 3 N–H and O–H groups in total. The van der Waals surface area contributed by atoms with Crippen LogP contribution in [0.2, 0.25) is 0 Å². The van der Waals surface area contributed by atoms with Gasteiger partial charge in [-0.2, -0.15) is 5.10 Å². The highest BCUT2D eigenvalue weighted by Crippen LogP contribution is 2.31. The van der Waals surface area contributed by atoms with E-state index in [9.17, 15) is 27.8 Å². The number of hydrazone groups is 1. The number of non-ortho nitro benzene ring substituents is 1. The lowest BCUT2D eigenvalue weighted by atomic mass is 10.1. The van der Waals surface area contributed by atoms with E-state index >= 15 is 0 Å². The van der Waals surface area contributed by atoms with Crippen LogP contribution in [0.5, 0.6) is 11.5 Å². The quantitative estimate of drug-likeness (QED) is 0.202. The van der Waals surface area contributed by atoms with E-state index in [4.69, 9.17) is 4.74 Å². The summed E-state index contributed by atoms with van der Waals surface area (Å²) in [7, 11) is -3.47. The molecule has 0 heterocycles. The standard InChI is InChI=1S/C22H22N4O6S.C2H6OS/c1-3-18(15-8-11-17(27)12-9-15)23-24-20-13-10-16(26(28)29)14-22(20)33(30,31)25-19-6-4-5-7-21(19)32-2;1-4(2)3/h4-14,24-25,27H,3H2,1-2H3;1-2H3. The molecule has 0 aliphatic heterocycles. The van der Waals surface area contributed by atoms with E-state index in [-0.39, 0.29) is 27.7 Å². The van der Waals surface area contributed by atoms with Gasteiger partial charge in [0.2, 0.25) is 0 Å². The Labute approximate surface area is 217 Å². The first-order valence-corrected chi connectivity index (χ1v) is 14.2. The molecule has 198 valence electrons. The van der Waals surface area contributed by atoms with Gasteiger partial charge < -0.3 is 9.84 Å². The van der Waals surface area contributed by atoms with Gasteiger partial charge in [0.05, 0.1) is 29.1 Å². The summed E-state index contributed by atoms with van der Waals surface area (Å²) < 4.78 is 43.5. The molecule has 37 heavy (non-hydrogen) atoms. The predicted molar refractivity (Wildman–Crippen MR) is 145 cm³/mol. The molecule has 0 aromatic heterocycles. The van der Waals surface area contributed by atoms with Crippen LogP contribution < -0.4 is 14.9 Å². The van der Waals surface area contributed by atoms with Crippen LogP contribution in [-0.4, -0.2) is 48.0 Å². The topological polar surface area (TPSA) is 160 Å². The van der Waals surface area contributed by atoms with E-state index in [1.165, 1.54) is 37.4 Å². The van der Waals surface area contributed by atoms with Crippen molar-refractivity contribution in [2.24, 2.45) is 5.10 Å². The number of rotatable bonds is 9. The molecule has 0 amide bonds. The van der Waals surface area contributed by atoms with Crippen LogP contribution in [0.4, 0.5) is 17.1 Å². The summed E-state index contributed by atoms with van der Waals surface area (Å²) in [4.78, 5) is 10.2. The van der Waals surface area contributed by atoms with Crippen molar-refractivity contribution in [2.75, 3.05) is 29.8 Å². The number of phenols is 1. The van der Waals surface area contributed by atoms with Crippen LogP contribution >= 0.6 is 0 Å². The number of para-hydroxylation sites is 2. The highest BCUT2D eigenvalue weighted by atomic mass is 32.2. The van der Waals surface area contributed by atoms with E-state index in [1.54, 1.807) is 42.8 Å². The number of ether oxygens (including phenoxy) is 1. The SMILES string of the molecule is CCC(=NNc1ccc([N+](=O)[O-])cc1S(=O)(=O)Nc1ccccc1OC)c1ccc(O)cc1.CS(C)=O. The van der Waals surface area contributed by atoms with E-state index in [0.29, 0.717) is 17.9 Å². The van der Waals surface area contributed by atoms with Crippen molar-refractivity contribution < 1.29 is 27.4 Å². The molecule has 0 unspecified atom stereocenters. The Morgan fingerprint density at radius 2 is 1.70 bits per heavy atom. The van der Waals surface area contributed by atoms with Crippen molar-refractivity contribution in [3.63, 3.8) is 0 Å². The number of nitrogens with zero attached hydrogens (tertiary/aromatic N) is 2.